The molecule has 0 radical (unpaired) electrons. The fourth-order valence-corrected chi connectivity index (χ4v) is 2.12. The second-order valence-electron chi connectivity index (χ2n) is 5.95. The highest BCUT2D eigenvalue weighted by Gasteiger charge is 2.46. The summed E-state index contributed by atoms with van der Waals surface area (Å²) >= 11 is 0. The number of rotatable bonds is 4. The number of alkyl carbamates (subject to hydrolysis) is 1. The lowest BCUT2D eigenvalue weighted by molar-refractivity contribution is -0.144. The topological polar surface area (TPSA) is 103 Å². The van der Waals surface area contributed by atoms with Crippen LogP contribution in [0.2, 0.25) is 0 Å². The van der Waals surface area contributed by atoms with E-state index in [4.69, 9.17) is 10.00 Å². The van der Waals surface area contributed by atoms with Crippen LogP contribution in [-0.2, 0) is 9.53 Å². The van der Waals surface area contributed by atoms with Gasteiger partial charge in [0.25, 0.3) is 0 Å². The summed E-state index contributed by atoms with van der Waals surface area (Å²) in [5.74, 6) is -1.08. The predicted molar refractivity (Wildman–Crippen MR) is 71.0 cm³/mol. The largest absolute Gasteiger partial charge is 0.479 e. The third-order valence-corrected chi connectivity index (χ3v) is 3.04. The van der Waals surface area contributed by atoms with Crippen LogP contribution in [0, 0.1) is 11.3 Å². The van der Waals surface area contributed by atoms with Crippen molar-refractivity contribution in [1.82, 2.24) is 10.2 Å². The van der Waals surface area contributed by atoms with Gasteiger partial charge in [-0.2, -0.15) is 5.26 Å². The Bertz CT molecular complexity index is 424. The quantitative estimate of drug-likeness (QED) is 0.796. The Morgan fingerprint density at radius 2 is 2.15 bits per heavy atom. The molecule has 0 saturated carbocycles. The van der Waals surface area contributed by atoms with Crippen LogP contribution in [0.5, 0.6) is 0 Å². The lowest BCUT2D eigenvalue weighted by Crippen LogP contribution is -2.57. The molecule has 2 N–H and O–H groups in total. The van der Waals surface area contributed by atoms with Crippen molar-refractivity contribution < 1.29 is 19.4 Å². The number of amides is 1. The molecular weight excluding hydrogens is 262 g/mol. The third-order valence-electron chi connectivity index (χ3n) is 3.04. The van der Waals surface area contributed by atoms with E-state index in [1.807, 2.05) is 11.0 Å². The third kappa shape index (κ3) is 4.38. The van der Waals surface area contributed by atoms with E-state index in [0.29, 0.717) is 25.9 Å². The number of nitrogens with one attached hydrogen (secondary N) is 1. The number of nitriles is 1. The number of ether oxygens (including phenoxy) is 1. The van der Waals surface area contributed by atoms with E-state index in [1.165, 1.54) is 0 Å². The Balaban J connectivity index is 2.69. The average molecular weight is 283 g/mol. The maximum atomic E-state index is 11.8. The molecule has 20 heavy (non-hydrogen) atoms. The standard InChI is InChI=1S/C13H21N3O4/c1-12(2,3)20-11(19)15-13(10(17)18)5-8-16(9-13)7-4-6-14/h4-5,7-9H2,1-3H3,(H,15,19)(H,17,18). The Hall–Kier alpha value is -1.81. The first-order chi connectivity index (χ1) is 9.18. The molecule has 1 rings (SSSR count). The van der Waals surface area contributed by atoms with Crippen LogP contribution in [0.1, 0.15) is 33.6 Å². The summed E-state index contributed by atoms with van der Waals surface area (Å²) in [6, 6.07) is 2.02. The number of nitrogens with zero attached hydrogens (tertiary/aromatic N) is 2. The minimum atomic E-state index is -1.34. The van der Waals surface area contributed by atoms with Crippen molar-refractivity contribution in [3.8, 4) is 6.07 Å². The first-order valence-corrected chi connectivity index (χ1v) is 6.52. The molecule has 7 nitrogen and oxygen atoms in total. The van der Waals surface area contributed by atoms with Crippen molar-refractivity contribution in [3.05, 3.63) is 0 Å². The van der Waals surface area contributed by atoms with Gasteiger partial charge in [-0.3, -0.25) is 4.90 Å². The molecule has 1 saturated heterocycles. The first kappa shape index (κ1) is 16.2. The van der Waals surface area contributed by atoms with Gasteiger partial charge in [0.05, 0.1) is 6.07 Å². The zero-order valence-electron chi connectivity index (χ0n) is 12.1. The second-order valence-corrected chi connectivity index (χ2v) is 5.95. The molecule has 1 amide bonds. The predicted octanol–water partition coefficient (Wildman–Crippen LogP) is 0.954. The van der Waals surface area contributed by atoms with Crippen LogP contribution in [0.3, 0.4) is 0 Å². The Kier molecular flexibility index (Phi) is 4.95. The van der Waals surface area contributed by atoms with Gasteiger partial charge in [-0.25, -0.2) is 9.59 Å². The first-order valence-electron chi connectivity index (χ1n) is 6.52. The molecule has 1 fully saturated rings. The van der Waals surface area contributed by atoms with Gasteiger partial charge < -0.3 is 15.2 Å². The van der Waals surface area contributed by atoms with Gasteiger partial charge in [0.2, 0.25) is 0 Å². The molecule has 0 bridgehead atoms. The van der Waals surface area contributed by atoms with Crippen LogP contribution < -0.4 is 5.32 Å². The van der Waals surface area contributed by atoms with E-state index < -0.39 is 23.2 Å². The van der Waals surface area contributed by atoms with Crippen LogP contribution in [-0.4, -0.2) is 52.8 Å². The van der Waals surface area contributed by atoms with Crippen molar-refractivity contribution in [2.24, 2.45) is 0 Å². The smallest absolute Gasteiger partial charge is 0.408 e. The van der Waals surface area contributed by atoms with Crippen molar-refractivity contribution in [3.63, 3.8) is 0 Å². The minimum Gasteiger partial charge on any atom is -0.479 e. The number of carbonyl (C=O) groups is 2. The highest BCUT2D eigenvalue weighted by Crippen LogP contribution is 2.22. The molecule has 1 heterocycles. The summed E-state index contributed by atoms with van der Waals surface area (Å²) in [4.78, 5) is 25.1. The monoisotopic (exact) mass is 283 g/mol. The van der Waals surface area contributed by atoms with Gasteiger partial charge >= 0.3 is 12.1 Å². The van der Waals surface area contributed by atoms with E-state index in [0.717, 1.165) is 0 Å². The lowest BCUT2D eigenvalue weighted by atomic mass is 9.99. The summed E-state index contributed by atoms with van der Waals surface area (Å²) in [6.45, 7) is 6.37. The van der Waals surface area contributed by atoms with Crippen molar-refractivity contribution in [1.29, 1.82) is 5.26 Å². The van der Waals surface area contributed by atoms with Gasteiger partial charge in [-0.1, -0.05) is 0 Å². The Morgan fingerprint density at radius 3 is 2.65 bits per heavy atom. The molecule has 0 spiro atoms. The summed E-state index contributed by atoms with van der Waals surface area (Å²) in [5.41, 5.74) is -2.01. The lowest BCUT2D eigenvalue weighted by Gasteiger charge is -2.28. The van der Waals surface area contributed by atoms with Gasteiger partial charge in [0, 0.05) is 26.1 Å². The van der Waals surface area contributed by atoms with E-state index in [1.54, 1.807) is 20.8 Å². The number of aliphatic carboxylic acids is 1. The van der Waals surface area contributed by atoms with Gasteiger partial charge in [0.1, 0.15) is 5.60 Å². The molecular formula is C13H21N3O4. The number of carboxylic acids is 1. The summed E-state index contributed by atoms with van der Waals surface area (Å²) in [7, 11) is 0. The molecule has 1 atom stereocenters. The zero-order chi connectivity index (χ0) is 15.4. The molecule has 7 heteroatoms. The van der Waals surface area contributed by atoms with Crippen molar-refractivity contribution in [2.75, 3.05) is 19.6 Å². The summed E-state index contributed by atoms with van der Waals surface area (Å²) < 4.78 is 5.11. The van der Waals surface area contributed by atoms with Crippen molar-refractivity contribution in [2.45, 2.75) is 44.8 Å². The van der Waals surface area contributed by atoms with E-state index in [2.05, 4.69) is 5.32 Å². The van der Waals surface area contributed by atoms with E-state index >= 15 is 0 Å². The Labute approximate surface area is 118 Å². The number of hydrogen-bond donors (Lipinski definition) is 2. The number of hydrogen-bond acceptors (Lipinski definition) is 5. The van der Waals surface area contributed by atoms with Crippen molar-refractivity contribution >= 4 is 12.1 Å². The SMILES string of the molecule is CC(C)(C)OC(=O)NC1(C(=O)O)CCN(CCC#N)C1. The number of carbonyl (C=O) groups excluding carboxylic acids is 1. The van der Waals surface area contributed by atoms with Crippen LogP contribution >= 0.6 is 0 Å². The fraction of sp³-hybridized carbons (Fsp3) is 0.769. The van der Waals surface area contributed by atoms with Crippen LogP contribution in [0.25, 0.3) is 0 Å². The average Bonchev–Trinajstić information content (AvgIpc) is 2.68. The van der Waals surface area contributed by atoms with E-state index in [-0.39, 0.29) is 6.54 Å². The second kappa shape index (κ2) is 6.09. The van der Waals surface area contributed by atoms with Gasteiger partial charge in [-0.15, -0.1) is 0 Å². The summed E-state index contributed by atoms with van der Waals surface area (Å²) in [6.07, 6.45) is -0.100. The van der Waals surface area contributed by atoms with Crippen LogP contribution in [0.15, 0.2) is 0 Å². The molecule has 1 aliphatic heterocycles. The number of carboxylic acid groups (broad SMARTS) is 1. The number of likely N-dealkylation sites (tertiary alicyclic amines) is 1. The van der Waals surface area contributed by atoms with Gasteiger partial charge in [-0.05, 0) is 27.2 Å². The van der Waals surface area contributed by atoms with E-state index in [9.17, 15) is 14.7 Å². The normalized spacial score (nSPS) is 23.1. The molecule has 1 unspecified atom stereocenters. The fourth-order valence-electron chi connectivity index (χ4n) is 2.12. The maximum absolute atomic E-state index is 11.8. The molecule has 0 aliphatic carbocycles. The zero-order valence-corrected chi connectivity index (χ0v) is 12.1. The highest BCUT2D eigenvalue weighted by molar-refractivity contribution is 5.85. The highest BCUT2D eigenvalue weighted by atomic mass is 16.6. The molecule has 0 aromatic heterocycles. The maximum Gasteiger partial charge on any atom is 0.408 e. The Morgan fingerprint density at radius 1 is 1.50 bits per heavy atom. The van der Waals surface area contributed by atoms with Crippen LogP contribution in [0.4, 0.5) is 4.79 Å². The molecule has 0 aromatic rings. The molecule has 0 aromatic carbocycles. The minimum absolute atomic E-state index is 0.184. The molecule has 112 valence electrons. The molecule has 1 aliphatic rings. The summed E-state index contributed by atoms with van der Waals surface area (Å²) in [5, 5.41) is 20.4. The van der Waals surface area contributed by atoms with Gasteiger partial charge in [0.15, 0.2) is 5.54 Å².